The molecule has 1 amide bonds. The summed E-state index contributed by atoms with van der Waals surface area (Å²) in [5.41, 5.74) is 0. The molecule has 3 N–H and O–H groups in total. The molecular weight excluding hydrogens is 154 g/mol. The maximum atomic E-state index is 10.9. The summed E-state index contributed by atoms with van der Waals surface area (Å²) in [6.07, 6.45) is 2.37. The van der Waals surface area contributed by atoms with Crippen molar-refractivity contribution in [1.82, 2.24) is 16.0 Å². The summed E-state index contributed by atoms with van der Waals surface area (Å²) in [4.78, 5) is 10.9. The molecule has 1 aliphatic rings. The molecule has 0 aromatic rings. The zero-order chi connectivity index (χ0) is 8.81. The van der Waals surface area contributed by atoms with Gasteiger partial charge in [0.15, 0.2) is 0 Å². The van der Waals surface area contributed by atoms with E-state index in [1.54, 1.807) is 7.05 Å². The minimum Gasteiger partial charge on any atom is -0.358 e. The molecule has 1 aliphatic heterocycles. The van der Waals surface area contributed by atoms with Crippen LogP contribution in [0.4, 0.5) is 0 Å². The van der Waals surface area contributed by atoms with Crippen molar-refractivity contribution >= 4 is 5.91 Å². The summed E-state index contributed by atoms with van der Waals surface area (Å²) < 4.78 is 0. The lowest BCUT2D eigenvalue weighted by molar-refractivity contribution is -0.119. The fourth-order valence-electron chi connectivity index (χ4n) is 1.35. The Kier molecular flexibility index (Phi) is 4.04. The average Bonchev–Trinajstić information content (AvgIpc) is 2.16. The van der Waals surface area contributed by atoms with E-state index in [4.69, 9.17) is 0 Å². The highest BCUT2D eigenvalue weighted by molar-refractivity contribution is 5.77. The van der Waals surface area contributed by atoms with Gasteiger partial charge in [-0.2, -0.15) is 0 Å². The third-order valence-electron chi connectivity index (χ3n) is 2.13. The number of hydrogen-bond donors (Lipinski definition) is 3. The van der Waals surface area contributed by atoms with Crippen LogP contribution in [-0.4, -0.2) is 38.6 Å². The fourth-order valence-corrected chi connectivity index (χ4v) is 1.35. The van der Waals surface area contributed by atoms with E-state index >= 15 is 0 Å². The molecule has 0 saturated carbocycles. The fraction of sp³-hybridized carbons (Fsp3) is 0.875. The van der Waals surface area contributed by atoms with E-state index in [0.717, 1.165) is 13.1 Å². The van der Waals surface area contributed by atoms with Crippen LogP contribution in [0.3, 0.4) is 0 Å². The van der Waals surface area contributed by atoms with Gasteiger partial charge >= 0.3 is 0 Å². The molecule has 0 aromatic carbocycles. The maximum absolute atomic E-state index is 10.9. The van der Waals surface area contributed by atoms with Gasteiger partial charge in [0.05, 0.1) is 6.54 Å². The van der Waals surface area contributed by atoms with E-state index in [9.17, 15) is 4.79 Å². The summed E-state index contributed by atoms with van der Waals surface area (Å²) in [5, 5.41) is 9.06. The van der Waals surface area contributed by atoms with Gasteiger partial charge in [0.1, 0.15) is 0 Å². The van der Waals surface area contributed by atoms with Crippen LogP contribution in [0.5, 0.6) is 0 Å². The van der Waals surface area contributed by atoms with Gasteiger partial charge in [0.25, 0.3) is 0 Å². The van der Waals surface area contributed by atoms with Gasteiger partial charge in [-0.1, -0.05) is 0 Å². The van der Waals surface area contributed by atoms with Gasteiger partial charge in [-0.25, -0.2) is 0 Å². The summed E-state index contributed by atoms with van der Waals surface area (Å²) in [5.74, 6) is 0.0561. The molecule has 0 bridgehead atoms. The summed E-state index contributed by atoms with van der Waals surface area (Å²) >= 11 is 0. The van der Waals surface area contributed by atoms with Crippen LogP contribution in [0.2, 0.25) is 0 Å². The van der Waals surface area contributed by atoms with Crippen LogP contribution in [0, 0.1) is 0 Å². The van der Waals surface area contributed by atoms with Crippen molar-refractivity contribution in [2.24, 2.45) is 0 Å². The van der Waals surface area contributed by atoms with Crippen LogP contribution >= 0.6 is 0 Å². The Morgan fingerprint density at radius 3 is 3.08 bits per heavy atom. The molecule has 0 aliphatic carbocycles. The van der Waals surface area contributed by atoms with Gasteiger partial charge in [-0.15, -0.1) is 0 Å². The van der Waals surface area contributed by atoms with E-state index in [1.807, 2.05) is 0 Å². The molecule has 1 atom stereocenters. The first kappa shape index (κ1) is 9.48. The number of nitrogens with one attached hydrogen (secondary N) is 3. The summed E-state index contributed by atoms with van der Waals surface area (Å²) in [7, 11) is 1.66. The number of hydrogen-bond acceptors (Lipinski definition) is 3. The SMILES string of the molecule is CNC(=O)CNC1CCCNC1. The second-order valence-electron chi connectivity index (χ2n) is 3.10. The van der Waals surface area contributed by atoms with Crippen molar-refractivity contribution in [2.75, 3.05) is 26.7 Å². The predicted octanol–water partition coefficient (Wildman–Crippen LogP) is -0.926. The van der Waals surface area contributed by atoms with Crippen LogP contribution in [0.1, 0.15) is 12.8 Å². The van der Waals surface area contributed by atoms with Crippen LogP contribution in [0.25, 0.3) is 0 Å². The van der Waals surface area contributed by atoms with Crippen LogP contribution in [-0.2, 0) is 4.79 Å². The molecule has 4 heteroatoms. The van der Waals surface area contributed by atoms with E-state index < -0.39 is 0 Å². The molecule has 1 rings (SSSR count). The highest BCUT2D eigenvalue weighted by Crippen LogP contribution is 1.99. The van der Waals surface area contributed by atoms with Crippen LogP contribution in [0.15, 0.2) is 0 Å². The number of amides is 1. The van der Waals surface area contributed by atoms with E-state index in [1.165, 1.54) is 12.8 Å². The van der Waals surface area contributed by atoms with Gasteiger partial charge in [0, 0.05) is 19.6 Å². The molecule has 0 radical (unpaired) electrons. The quantitative estimate of drug-likeness (QED) is 0.514. The van der Waals surface area contributed by atoms with Crippen LogP contribution < -0.4 is 16.0 Å². The topological polar surface area (TPSA) is 53.2 Å². The Morgan fingerprint density at radius 2 is 2.50 bits per heavy atom. The Morgan fingerprint density at radius 1 is 1.67 bits per heavy atom. The lowest BCUT2D eigenvalue weighted by Crippen LogP contribution is -2.46. The second-order valence-corrected chi connectivity index (χ2v) is 3.10. The molecule has 1 saturated heterocycles. The number of carbonyl (C=O) groups is 1. The summed E-state index contributed by atoms with van der Waals surface area (Å²) in [6, 6.07) is 0.469. The molecule has 70 valence electrons. The molecule has 4 nitrogen and oxygen atoms in total. The van der Waals surface area contributed by atoms with E-state index in [-0.39, 0.29) is 5.91 Å². The molecular formula is C8H17N3O. The zero-order valence-electron chi connectivity index (χ0n) is 7.52. The van der Waals surface area contributed by atoms with Crippen molar-refractivity contribution in [2.45, 2.75) is 18.9 Å². The first-order valence-corrected chi connectivity index (χ1v) is 4.47. The van der Waals surface area contributed by atoms with Crippen molar-refractivity contribution < 1.29 is 4.79 Å². The Labute approximate surface area is 73.1 Å². The highest BCUT2D eigenvalue weighted by atomic mass is 16.1. The van der Waals surface area contributed by atoms with Gasteiger partial charge < -0.3 is 16.0 Å². The number of rotatable bonds is 3. The molecule has 1 unspecified atom stereocenters. The van der Waals surface area contributed by atoms with Gasteiger partial charge in [0.2, 0.25) is 5.91 Å². The zero-order valence-corrected chi connectivity index (χ0v) is 7.52. The second kappa shape index (κ2) is 5.11. The van der Waals surface area contributed by atoms with Crippen molar-refractivity contribution in [3.63, 3.8) is 0 Å². The molecule has 1 heterocycles. The molecule has 1 fully saturated rings. The van der Waals surface area contributed by atoms with E-state index in [2.05, 4.69) is 16.0 Å². The number of carbonyl (C=O) groups excluding carboxylic acids is 1. The standard InChI is InChI=1S/C8H17N3O/c1-9-8(12)6-11-7-3-2-4-10-5-7/h7,10-11H,2-6H2,1H3,(H,9,12). The smallest absolute Gasteiger partial charge is 0.233 e. The Hall–Kier alpha value is -0.610. The minimum atomic E-state index is 0.0561. The van der Waals surface area contributed by atoms with Crippen molar-refractivity contribution in [1.29, 1.82) is 0 Å². The monoisotopic (exact) mass is 171 g/mol. The predicted molar refractivity (Wildman–Crippen MR) is 48.0 cm³/mol. The Bertz CT molecular complexity index is 143. The largest absolute Gasteiger partial charge is 0.358 e. The van der Waals surface area contributed by atoms with Crippen molar-refractivity contribution in [3.8, 4) is 0 Å². The molecule has 0 aromatic heterocycles. The lowest BCUT2D eigenvalue weighted by Gasteiger charge is -2.23. The van der Waals surface area contributed by atoms with E-state index in [0.29, 0.717) is 12.6 Å². The van der Waals surface area contributed by atoms with Gasteiger partial charge in [-0.05, 0) is 19.4 Å². The molecule has 12 heavy (non-hydrogen) atoms. The minimum absolute atomic E-state index is 0.0561. The normalized spacial score (nSPS) is 23.6. The lowest BCUT2D eigenvalue weighted by atomic mass is 10.1. The number of piperidine rings is 1. The third kappa shape index (κ3) is 3.19. The summed E-state index contributed by atoms with van der Waals surface area (Å²) in [6.45, 7) is 2.53. The first-order chi connectivity index (χ1) is 5.83. The maximum Gasteiger partial charge on any atom is 0.233 e. The Balaban J connectivity index is 2.09. The molecule has 0 spiro atoms. The average molecular weight is 171 g/mol. The highest BCUT2D eigenvalue weighted by Gasteiger charge is 2.12. The van der Waals surface area contributed by atoms with Crippen molar-refractivity contribution in [3.05, 3.63) is 0 Å². The van der Waals surface area contributed by atoms with Gasteiger partial charge in [-0.3, -0.25) is 4.79 Å². The number of likely N-dealkylation sites (N-methyl/N-ethyl adjacent to an activating group) is 1. The first-order valence-electron chi connectivity index (χ1n) is 4.47. The third-order valence-corrected chi connectivity index (χ3v) is 2.13.